The molecule has 1 aliphatic rings. The van der Waals surface area contributed by atoms with Crippen molar-refractivity contribution in [1.29, 1.82) is 0 Å². The van der Waals surface area contributed by atoms with Gasteiger partial charge in [-0.05, 0) is 48.1 Å². The van der Waals surface area contributed by atoms with E-state index in [0.717, 1.165) is 25.2 Å². The molecule has 0 bridgehead atoms. The molecule has 1 saturated heterocycles. The molecule has 7 heteroatoms. The van der Waals surface area contributed by atoms with E-state index in [4.69, 9.17) is 10.5 Å². The van der Waals surface area contributed by atoms with Crippen molar-refractivity contribution in [2.75, 3.05) is 29.9 Å². The molecule has 1 atom stereocenters. The van der Waals surface area contributed by atoms with Gasteiger partial charge in [-0.25, -0.2) is 4.98 Å². The van der Waals surface area contributed by atoms with Crippen LogP contribution in [0, 0.1) is 5.92 Å². The van der Waals surface area contributed by atoms with Gasteiger partial charge < -0.3 is 20.7 Å². The zero-order valence-corrected chi connectivity index (χ0v) is 17.9. The Morgan fingerprint density at radius 2 is 1.93 bits per heavy atom. The minimum absolute atomic E-state index is 0.0734. The number of hydrogen-bond donors (Lipinski definition) is 2. The summed E-state index contributed by atoms with van der Waals surface area (Å²) in [5.41, 5.74) is 7.32. The lowest BCUT2D eigenvalue weighted by Crippen LogP contribution is -2.41. The molecule has 7 nitrogen and oxygen atoms in total. The molecule has 2 aromatic rings. The Balaban J connectivity index is 1.50. The zero-order chi connectivity index (χ0) is 21.7. The van der Waals surface area contributed by atoms with Crippen LogP contribution in [-0.2, 0) is 15.0 Å². The van der Waals surface area contributed by atoms with Gasteiger partial charge in [0.15, 0.2) is 6.61 Å². The molecule has 0 spiro atoms. The number of ether oxygens (including phenoxy) is 1. The van der Waals surface area contributed by atoms with Crippen LogP contribution in [0.2, 0.25) is 0 Å². The van der Waals surface area contributed by atoms with Crippen LogP contribution in [0.4, 0.5) is 11.5 Å². The summed E-state index contributed by atoms with van der Waals surface area (Å²) in [6.07, 6.45) is 3.33. The standard InChI is InChI=1S/C23H30N4O3/c1-23(2,3)17-6-9-19(10-7-17)30-15-21(28)26-18-8-11-20(25-13-18)27-12-4-5-16(14-27)22(24)29/h6-11,13,16H,4-5,12,14-15H2,1-3H3,(H2,24,29)(H,26,28). The van der Waals surface area contributed by atoms with Gasteiger partial charge in [0.05, 0.1) is 17.8 Å². The van der Waals surface area contributed by atoms with Crippen LogP contribution in [-0.4, -0.2) is 36.5 Å². The van der Waals surface area contributed by atoms with Gasteiger partial charge in [0.2, 0.25) is 5.91 Å². The SMILES string of the molecule is CC(C)(C)c1ccc(OCC(=O)Nc2ccc(N3CCCC(C(N)=O)C3)nc2)cc1. The van der Waals surface area contributed by atoms with Crippen molar-refractivity contribution in [2.24, 2.45) is 11.7 Å². The average Bonchev–Trinajstić information content (AvgIpc) is 2.72. The Bertz CT molecular complexity index is 873. The van der Waals surface area contributed by atoms with Crippen molar-refractivity contribution in [3.63, 3.8) is 0 Å². The second-order valence-corrected chi connectivity index (χ2v) is 8.70. The van der Waals surface area contributed by atoms with E-state index in [1.807, 2.05) is 30.3 Å². The molecule has 1 unspecified atom stereocenters. The molecule has 160 valence electrons. The number of nitrogens with two attached hydrogens (primary N) is 1. The molecular formula is C23H30N4O3. The molecule has 2 heterocycles. The van der Waals surface area contributed by atoms with Gasteiger partial charge in [0, 0.05) is 13.1 Å². The third-order valence-electron chi connectivity index (χ3n) is 5.27. The van der Waals surface area contributed by atoms with Crippen molar-refractivity contribution < 1.29 is 14.3 Å². The second kappa shape index (κ2) is 9.15. The Hall–Kier alpha value is -3.09. The van der Waals surface area contributed by atoms with Crippen molar-refractivity contribution in [1.82, 2.24) is 4.98 Å². The number of pyridine rings is 1. The van der Waals surface area contributed by atoms with E-state index in [9.17, 15) is 9.59 Å². The van der Waals surface area contributed by atoms with E-state index in [1.165, 1.54) is 5.56 Å². The highest BCUT2D eigenvalue weighted by Crippen LogP contribution is 2.24. The lowest BCUT2D eigenvalue weighted by molar-refractivity contribution is -0.122. The maximum Gasteiger partial charge on any atom is 0.262 e. The Kier molecular flexibility index (Phi) is 6.59. The van der Waals surface area contributed by atoms with E-state index in [-0.39, 0.29) is 29.8 Å². The van der Waals surface area contributed by atoms with Crippen LogP contribution in [0.1, 0.15) is 39.2 Å². The van der Waals surface area contributed by atoms with Gasteiger partial charge in [-0.2, -0.15) is 0 Å². The maximum absolute atomic E-state index is 12.2. The van der Waals surface area contributed by atoms with Crippen LogP contribution in [0.15, 0.2) is 42.6 Å². The normalized spacial score (nSPS) is 16.8. The molecule has 1 fully saturated rings. The van der Waals surface area contributed by atoms with E-state index >= 15 is 0 Å². The van der Waals surface area contributed by atoms with Crippen molar-refractivity contribution in [3.05, 3.63) is 48.2 Å². The fourth-order valence-corrected chi connectivity index (χ4v) is 3.46. The van der Waals surface area contributed by atoms with Gasteiger partial charge >= 0.3 is 0 Å². The Morgan fingerprint density at radius 3 is 2.53 bits per heavy atom. The second-order valence-electron chi connectivity index (χ2n) is 8.70. The van der Waals surface area contributed by atoms with Crippen LogP contribution in [0.25, 0.3) is 0 Å². The number of carbonyl (C=O) groups excluding carboxylic acids is 2. The molecular weight excluding hydrogens is 380 g/mol. The van der Waals surface area contributed by atoms with Crippen LogP contribution < -0.4 is 20.7 Å². The van der Waals surface area contributed by atoms with Crippen molar-refractivity contribution >= 4 is 23.3 Å². The van der Waals surface area contributed by atoms with Crippen molar-refractivity contribution in [3.8, 4) is 5.75 Å². The number of piperidine rings is 1. The number of amides is 2. The lowest BCUT2D eigenvalue weighted by atomic mass is 9.87. The molecule has 0 aliphatic carbocycles. The molecule has 0 radical (unpaired) electrons. The highest BCUT2D eigenvalue weighted by atomic mass is 16.5. The molecule has 30 heavy (non-hydrogen) atoms. The zero-order valence-electron chi connectivity index (χ0n) is 17.9. The first-order valence-corrected chi connectivity index (χ1v) is 10.3. The predicted molar refractivity (Wildman–Crippen MR) is 118 cm³/mol. The summed E-state index contributed by atoms with van der Waals surface area (Å²) < 4.78 is 5.58. The van der Waals surface area contributed by atoms with Crippen LogP contribution in [0.3, 0.4) is 0 Å². The summed E-state index contributed by atoms with van der Waals surface area (Å²) in [5.74, 6) is 0.761. The summed E-state index contributed by atoms with van der Waals surface area (Å²) >= 11 is 0. The van der Waals surface area contributed by atoms with Gasteiger partial charge in [-0.3, -0.25) is 9.59 Å². The number of nitrogens with zero attached hydrogens (tertiary/aromatic N) is 2. The maximum atomic E-state index is 12.2. The molecule has 1 aliphatic heterocycles. The Morgan fingerprint density at radius 1 is 1.20 bits per heavy atom. The van der Waals surface area contributed by atoms with E-state index in [1.54, 1.807) is 12.3 Å². The molecule has 1 aromatic carbocycles. The molecule has 3 N–H and O–H groups in total. The first-order chi connectivity index (χ1) is 14.2. The van der Waals surface area contributed by atoms with Crippen LogP contribution >= 0.6 is 0 Å². The van der Waals surface area contributed by atoms with Gasteiger partial charge in [-0.1, -0.05) is 32.9 Å². The average molecular weight is 411 g/mol. The molecule has 0 saturated carbocycles. The van der Waals surface area contributed by atoms with Crippen LogP contribution in [0.5, 0.6) is 5.75 Å². The fraction of sp³-hybridized carbons (Fsp3) is 0.435. The highest BCUT2D eigenvalue weighted by molar-refractivity contribution is 5.91. The number of benzene rings is 1. The van der Waals surface area contributed by atoms with E-state index < -0.39 is 0 Å². The minimum Gasteiger partial charge on any atom is -0.484 e. The van der Waals surface area contributed by atoms with E-state index in [2.05, 4.69) is 36.0 Å². The smallest absolute Gasteiger partial charge is 0.262 e. The number of nitrogens with one attached hydrogen (secondary N) is 1. The monoisotopic (exact) mass is 410 g/mol. The summed E-state index contributed by atoms with van der Waals surface area (Å²) in [7, 11) is 0. The number of anilines is 2. The van der Waals surface area contributed by atoms with E-state index in [0.29, 0.717) is 18.0 Å². The first kappa shape index (κ1) is 21.6. The fourth-order valence-electron chi connectivity index (χ4n) is 3.46. The first-order valence-electron chi connectivity index (χ1n) is 10.3. The third-order valence-corrected chi connectivity index (χ3v) is 5.27. The molecule has 1 aromatic heterocycles. The number of aromatic nitrogens is 1. The number of carbonyl (C=O) groups is 2. The predicted octanol–water partition coefficient (Wildman–Crippen LogP) is 3.10. The lowest BCUT2D eigenvalue weighted by Gasteiger charge is -2.32. The van der Waals surface area contributed by atoms with Gasteiger partial charge in [0.25, 0.3) is 5.91 Å². The molecule has 2 amide bonds. The largest absolute Gasteiger partial charge is 0.484 e. The summed E-state index contributed by atoms with van der Waals surface area (Å²) in [6, 6.07) is 11.4. The quantitative estimate of drug-likeness (QED) is 0.763. The third kappa shape index (κ3) is 5.72. The van der Waals surface area contributed by atoms with Gasteiger partial charge in [0.1, 0.15) is 11.6 Å². The summed E-state index contributed by atoms with van der Waals surface area (Å²) in [4.78, 5) is 30.1. The highest BCUT2D eigenvalue weighted by Gasteiger charge is 2.24. The topological polar surface area (TPSA) is 97.5 Å². The number of rotatable bonds is 6. The molecule has 3 rings (SSSR count). The summed E-state index contributed by atoms with van der Waals surface area (Å²) in [5, 5.41) is 2.79. The summed E-state index contributed by atoms with van der Waals surface area (Å²) in [6.45, 7) is 7.79. The van der Waals surface area contributed by atoms with Crippen molar-refractivity contribution in [2.45, 2.75) is 39.0 Å². The van der Waals surface area contributed by atoms with Gasteiger partial charge in [-0.15, -0.1) is 0 Å². The number of primary amides is 1. The minimum atomic E-state index is -0.267. The Labute approximate surface area is 177 Å². The number of hydrogen-bond acceptors (Lipinski definition) is 5.